The Morgan fingerprint density at radius 1 is 1.00 bits per heavy atom. The quantitative estimate of drug-likeness (QED) is 0.793. The smallest absolute Gasteiger partial charge is 0.226 e. The number of amides is 1. The summed E-state index contributed by atoms with van der Waals surface area (Å²) in [4.78, 5) is 15.0. The van der Waals surface area contributed by atoms with E-state index in [2.05, 4.69) is 32.6 Å². The lowest BCUT2D eigenvalue weighted by atomic mass is 9.78. The summed E-state index contributed by atoms with van der Waals surface area (Å²) in [7, 11) is 0. The molecule has 1 saturated heterocycles. The van der Waals surface area contributed by atoms with Crippen LogP contribution in [0.3, 0.4) is 0 Å². The lowest BCUT2D eigenvalue weighted by Gasteiger charge is -2.44. The molecule has 0 spiro atoms. The molecular formula is C16H30N2O. The van der Waals surface area contributed by atoms with Crippen molar-refractivity contribution >= 4 is 5.91 Å². The molecule has 1 aliphatic carbocycles. The summed E-state index contributed by atoms with van der Waals surface area (Å²) in [6, 6.07) is 0.602. The standard InChI is InChI=1S/C16H30N2O/c1-10-6-14(8-15(17)7-10)16(19)18-9-11(2)5-12(3)13(18)4/h10-15H,5-9,17H2,1-4H3. The highest BCUT2D eigenvalue weighted by Gasteiger charge is 2.37. The second-order valence-electron chi connectivity index (χ2n) is 7.32. The summed E-state index contributed by atoms with van der Waals surface area (Å²) in [6.07, 6.45) is 4.23. The largest absolute Gasteiger partial charge is 0.339 e. The molecule has 19 heavy (non-hydrogen) atoms. The predicted molar refractivity (Wildman–Crippen MR) is 78.6 cm³/mol. The van der Waals surface area contributed by atoms with Crippen LogP contribution in [0.25, 0.3) is 0 Å². The maximum absolute atomic E-state index is 12.8. The van der Waals surface area contributed by atoms with Gasteiger partial charge in [0.05, 0.1) is 0 Å². The van der Waals surface area contributed by atoms with Gasteiger partial charge < -0.3 is 10.6 Å². The van der Waals surface area contributed by atoms with Gasteiger partial charge in [-0.1, -0.05) is 20.8 Å². The second kappa shape index (κ2) is 5.82. The minimum absolute atomic E-state index is 0.165. The topological polar surface area (TPSA) is 46.3 Å². The molecule has 3 heteroatoms. The van der Waals surface area contributed by atoms with E-state index in [9.17, 15) is 4.79 Å². The Morgan fingerprint density at radius 2 is 1.68 bits per heavy atom. The van der Waals surface area contributed by atoms with Gasteiger partial charge in [-0.15, -0.1) is 0 Å². The molecule has 3 nitrogen and oxygen atoms in total. The maximum Gasteiger partial charge on any atom is 0.226 e. The van der Waals surface area contributed by atoms with Gasteiger partial charge in [-0.05, 0) is 50.4 Å². The van der Waals surface area contributed by atoms with Crippen molar-refractivity contribution in [2.45, 2.75) is 65.5 Å². The molecule has 1 amide bonds. The van der Waals surface area contributed by atoms with E-state index in [0.717, 1.165) is 25.8 Å². The molecule has 0 aromatic heterocycles. The van der Waals surface area contributed by atoms with Gasteiger partial charge in [-0.3, -0.25) is 4.79 Å². The first-order valence-corrected chi connectivity index (χ1v) is 7.94. The molecule has 1 aliphatic heterocycles. The molecule has 2 N–H and O–H groups in total. The van der Waals surface area contributed by atoms with E-state index in [1.807, 2.05) is 0 Å². The Balaban J connectivity index is 2.05. The number of rotatable bonds is 1. The van der Waals surface area contributed by atoms with E-state index < -0.39 is 0 Å². The van der Waals surface area contributed by atoms with Crippen molar-refractivity contribution in [1.82, 2.24) is 4.90 Å². The molecule has 110 valence electrons. The minimum Gasteiger partial charge on any atom is -0.339 e. The fraction of sp³-hybridized carbons (Fsp3) is 0.938. The van der Waals surface area contributed by atoms with E-state index in [0.29, 0.717) is 29.7 Å². The van der Waals surface area contributed by atoms with Crippen molar-refractivity contribution in [3.05, 3.63) is 0 Å². The van der Waals surface area contributed by atoms with E-state index in [-0.39, 0.29) is 12.0 Å². The molecule has 6 atom stereocenters. The maximum atomic E-state index is 12.8. The summed E-state index contributed by atoms with van der Waals surface area (Å²) in [5.41, 5.74) is 6.10. The van der Waals surface area contributed by atoms with Crippen LogP contribution in [-0.4, -0.2) is 29.4 Å². The van der Waals surface area contributed by atoms with Crippen molar-refractivity contribution in [1.29, 1.82) is 0 Å². The molecule has 0 bridgehead atoms. The van der Waals surface area contributed by atoms with Crippen LogP contribution in [0.5, 0.6) is 0 Å². The van der Waals surface area contributed by atoms with Gasteiger partial charge in [-0.2, -0.15) is 0 Å². The van der Waals surface area contributed by atoms with E-state index >= 15 is 0 Å². The van der Waals surface area contributed by atoms with E-state index in [1.54, 1.807) is 0 Å². The number of likely N-dealkylation sites (tertiary alicyclic amines) is 1. The Bertz CT molecular complexity index is 321. The Hall–Kier alpha value is -0.570. The zero-order chi connectivity index (χ0) is 14.2. The average molecular weight is 266 g/mol. The summed E-state index contributed by atoms with van der Waals surface area (Å²) >= 11 is 0. The highest BCUT2D eigenvalue weighted by atomic mass is 16.2. The van der Waals surface area contributed by atoms with Crippen molar-refractivity contribution in [2.75, 3.05) is 6.54 Å². The summed E-state index contributed by atoms with van der Waals surface area (Å²) < 4.78 is 0. The molecule has 1 saturated carbocycles. The van der Waals surface area contributed by atoms with Gasteiger partial charge in [0.2, 0.25) is 5.91 Å². The molecule has 0 radical (unpaired) electrons. The summed E-state index contributed by atoms with van der Waals surface area (Å²) in [5, 5.41) is 0. The van der Waals surface area contributed by atoms with Gasteiger partial charge >= 0.3 is 0 Å². The Kier molecular flexibility index (Phi) is 4.54. The molecule has 0 aromatic rings. The van der Waals surface area contributed by atoms with Gasteiger partial charge in [0.1, 0.15) is 0 Å². The fourth-order valence-corrected chi connectivity index (χ4v) is 4.10. The third-order valence-electron chi connectivity index (χ3n) is 5.21. The van der Waals surface area contributed by atoms with E-state index in [1.165, 1.54) is 6.42 Å². The highest BCUT2D eigenvalue weighted by Crippen LogP contribution is 2.33. The van der Waals surface area contributed by atoms with Gasteiger partial charge in [0.25, 0.3) is 0 Å². The summed E-state index contributed by atoms with van der Waals surface area (Å²) in [5.74, 6) is 2.37. The lowest BCUT2D eigenvalue weighted by Crippen LogP contribution is -2.52. The molecule has 1 heterocycles. The first-order valence-electron chi connectivity index (χ1n) is 7.94. The first kappa shape index (κ1) is 14.8. The van der Waals surface area contributed by atoms with Crippen molar-refractivity contribution in [3.63, 3.8) is 0 Å². The molecule has 0 aromatic carbocycles. The number of nitrogens with zero attached hydrogens (tertiary/aromatic N) is 1. The zero-order valence-electron chi connectivity index (χ0n) is 12.9. The average Bonchev–Trinajstić information content (AvgIpc) is 2.31. The molecule has 6 unspecified atom stereocenters. The van der Waals surface area contributed by atoms with Crippen LogP contribution in [0.1, 0.15) is 53.4 Å². The number of piperidine rings is 1. The first-order chi connectivity index (χ1) is 8.88. The highest BCUT2D eigenvalue weighted by molar-refractivity contribution is 5.79. The van der Waals surface area contributed by atoms with Crippen molar-refractivity contribution in [2.24, 2.45) is 29.4 Å². The lowest BCUT2D eigenvalue weighted by molar-refractivity contribution is -0.143. The Labute approximate surface area is 117 Å². The number of hydrogen-bond acceptors (Lipinski definition) is 2. The Morgan fingerprint density at radius 3 is 2.32 bits per heavy atom. The fourth-order valence-electron chi connectivity index (χ4n) is 4.10. The van der Waals surface area contributed by atoms with Crippen LogP contribution < -0.4 is 5.73 Å². The van der Waals surface area contributed by atoms with Crippen molar-refractivity contribution < 1.29 is 4.79 Å². The van der Waals surface area contributed by atoms with Crippen LogP contribution in [0.15, 0.2) is 0 Å². The molecule has 2 aliphatic rings. The third kappa shape index (κ3) is 3.31. The number of hydrogen-bond donors (Lipinski definition) is 1. The zero-order valence-corrected chi connectivity index (χ0v) is 12.9. The second-order valence-corrected chi connectivity index (χ2v) is 7.32. The normalized spacial score (nSPS) is 44.2. The third-order valence-corrected chi connectivity index (χ3v) is 5.21. The minimum atomic E-state index is 0.165. The predicted octanol–water partition coefficient (Wildman–Crippen LogP) is 2.64. The van der Waals surface area contributed by atoms with Gasteiger partial charge in [0.15, 0.2) is 0 Å². The van der Waals surface area contributed by atoms with Crippen LogP contribution in [0.2, 0.25) is 0 Å². The summed E-state index contributed by atoms with van der Waals surface area (Å²) in [6.45, 7) is 9.91. The van der Waals surface area contributed by atoms with Crippen LogP contribution in [0, 0.1) is 23.7 Å². The number of carbonyl (C=O) groups excluding carboxylic acids is 1. The molecular weight excluding hydrogens is 236 g/mol. The number of carbonyl (C=O) groups is 1. The van der Waals surface area contributed by atoms with Crippen LogP contribution >= 0.6 is 0 Å². The van der Waals surface area contributed by atoms with Crippen molar-refractivity contribution in [3.8, 4) is 0 Å². The van der Waals surface area contributed by atoms with Gasteiger partial charge in [0, 0.05) is 24.5 Å². The SMILES string of the molecule is CC1CC(N)CC(C(=O)N2CC(C)CC(C)C2C)C1. The van der Waals surface area contributed by atoms with Crippen LogP contribution in [-0.2, 0) is 4.79 Å². The monoisotopic (exact) mass is 266 g/mol. The molecule has 2 rings (SSSR count). The van der Waals surface area contributed by atoms with Crippen LogP contribution in [0.4, 0.5) is 0 Å². The number of nitrogens with two attached hydrogens (primary N) is 1. The van der Waals surface area contributed by atoms with Gasteiger partial charge in [-0.25, -0.2) is 0 Å². The molecule has 2 fully saturated rings. The van der Waals surface area contributed by atoms with E-state index in [4.69, 9.17) is 5.73 Å².